The van der Waals surface area contributed by atoms with E-state index in [4.69, 9.17) is 23.2 Å². The second kappa shape index (κ2) is 11.6. The summed E-state index contributed by atoms with van der Waals surface area (Å²) in [4.78, 5) is 40.2. The maximum Gasteiger partial charge on any atom is 0.433 e. The molecule has 2 fully saturated rings. The predicted octanol–water partition coefficient (Wildman–Crippen LogP) is 7.71. The van der Waals surface area contributed by atoms with E-state index in [0.717, 1.165) is 23.7 Å². The number of hydrogen-bond donors (Lipinski definition) is 1. The summed E-state index contributed by atoms with van der Waals surface area (Å²) >= 11 is 12.5. The SMILES string of the molecule is CC1(C)CCC(N(CC(=O)c2c(Cl)cccc2Cl)C(=O)c2cnn([C@H]3CC[C@](C)(C(=O)O)CC3)c2C(F)(F)F)CC1. The third-order valence-corrected chi connectivity index (χ3v) is 9.41. The highest BCUT2D eigenvalue weighted by molar-refractivity contribution is 6.40. The van der Waals surface area contributed by atoms with Gasteiger partial charge in [-0.2, -0.15) is 18.3 Å². The maximum atomic E-state index is 14.6. The number of carboxylic acids is 1. The molecule has 0 spiro atoms. The predicted molar refractivity (Wildman–Crippen MR) is 148 cm³/mol. The van der Waals surface area contributed by atoms with Gasteiger partial charge in [-0.05, 0) is 75.8 Å². The number of amides is 1. The summed E-state index contributed by atoms with van der Waals surface area (Å²) in [5.41, 5.74) is -2.82. The number of benzene rings is 1. The molecule has 0 bridgehead atoms. The van der Waals surface area contributed by atoms with Gasteiger partial charge in [0, 0.05) is 6.04 Å². The fraction of sp³-hybridized carbons (Fsp3) is 0.586. The van der Waals surface area contributed by atoms with Crippen LogP contribution in [0.3, 0.4) is 0 Å². The van der Waals surface area contributed by atoms with Crippen molar-refractivity contribution in [1.82, 2.24) is 14.7 Å². The standard InChI is InChI=1S/C29H34Cl2F3N3O4/c1-27(2)11-7-17(8-12-27)36(16-22(38)23-20(30)5-4-6-21(23)31)25(39)19-15-35-37(24(19)29(32,33)34)18-9-13-28(3,14-10-18)26(40)41/h4-6,15,17-18H,7-14,16H2,1-3H3,(H,40,41)/t18-,28-. The molecule has 0 aliphatic heterocycles. The monoisotopic (exact) mass is 615 g/mol. The summed E-state index contributed by atoms with van der Waals surface area (Å²) in [6, 6.07) is 3.37. The van der Waals surface area contributed by atoms with E-state index < -0.39 is 59.1 Å². The van der Waals surface area contributed by atoms with E-state index in [1.807, 2.05) is 0 Å². The summed E-state index contributed by atoms with van der Waals surface area (Å²) in [6.07, 6.45) is -0.764. The minimum atomic E-state index is -4.91. The van der Waals surface area contributed by atoms with Gasteiger partial charge in [-0.3, -0.25) is 19.1 Å². The van der Waals surface area contributed by atoms with Crippen LogP contribution in [0, 0.1) is 10.8 Å². The van der Waals surface area contributed by atoms with E-state index in [0.29, 0.717) is 12.8 Å². The number of carbonyl (C=O) groups is 3. The lowest BCUT2D eigenvalue weighted by molar-refractivity contribution is -0.152. The smallest absolute Gasteiger partial charge is 0.433 e. The zero-order valence-corrected chi connectivity index (χ0v) is 24.7. The third-order valence-electron chi connectivity index (χ3n) is 8.78. The van der Waals surface area contributed by atoms with Crippen LogP contribution in [-0.2, 0) is 11.0 Å². The van der Waals surface area contributed by atoms with E-state index in [1.54, 1.807) is 13.0 Å². The van der Waals surface area contributed by atoms with Crippen molar-refractivity contribution in [2.45, 2.75) is 90.4 Å². The lowest BCUT2D eigenvalue weighted by atomic mass is 9.74. The molecule has 2 aromatic rings. The Morgan fingerprint density at radius 3 is 2.10 bits per heavy atom. The van der Waals surface area contributed by atoms with Crippen molar-refractivity contribution in [2.24, 2.45) is 10.8 Å². The summed E-state index contributed by atoms with van der Waals surface area (Å²) in [5.74, 6) is -2.49. The summed E-state index contributed by atoms with van der Waals surface area (Å²) in [6.45, 7) is 5.28. The molecule has 1 aromatic carbocycles. The van der Waals surface area contributed by atoms with Crippen molar-refractivity contribution >= 4 is 40.9 Å². The lowest BCUT2D eigenvalue weighted by Crippen LogP contribution is -2.46. The fourth-order valence-electron chi connectivity index (χ4n) is 5.99. The third kappa shape index (κ3) is 6.58. The van der Waals surface area contributed by atoms with Gasteiger partial charge < -0.3 is 10.0 Å². The van der Waals surface area contributed by atoms with Gasteiger partial charge >= 0.3 is 12.1 Å². The first-order valence-corrected chi connectivity index (χ1v) is 14.5. The molecule has 7 nitrogen and oxygen atoms in total. The molecule has 1 aromatic heterocycles. The number of carbonyl (C=O) groups excluding carboxylic acids is 2. The number of halogens is 5. The largest absolute Gasteiger partial charge is 0.481 e. The van der Waals surface area contributed by atoms with E-state index in [1.165, 1.54) is 17.0 Å². The van der Waals surface area contributed by atoms with Crippen LogP contribution >= 0.6 is 23.2 Å². The highest BCUT2D eigenvalue weighted by Gasteiger charge is 2.46. The number of aromatic nitrogens is 2. The van der Waals surface area contributed by atoms with Crippen molar-refractivity contribution in [3.05, 3.63) is 51.3 Å². The van der Waals surface area contributed by atoms with Crippen LogP contribution in [0.2, 0.25) is 10.0 Å². The molecule has 0 unspecified atom stereocenters. The zero-order valence-electron chi connectivity index (χ0n) is 23.2. The van der Waals surface area contributed by atoms with Crippen molar-refractivity contribution < 1.29 is 32.7 Å². The van der Waals surface area contributed by atoms with E-state index >= 15 is 0 Å². The van der Waals surface area contributed by atoms with E-state index in [2.05, 4.69) is 18.9 Å². The molecule has 1 heterocycles. The van der Waals surface area contributed by atoms with Crippen LogP contribution in [0.4, 0.5) is 13.2 Å². The number of aliphatic carboxylic acids is 1. The van der Waals surface area contributed by atoms with Crippen LogP contribution in [0.5, 0.6) is 0 Å². The van der Waals surface area contributed by atoms with Crippen LogP contribution in [0.15, 0.2) is 24.4 Å². The van der Waals surface area contributed by atoms with Gasteiger partial charge in [-0.1, -0.05) is 43.1 Å². The molecular formula is C29H34Cl2F3N3O4. The van der Waals surface area contributed by atoms with Gasteiger partial charge in [0.15, 0.2) is 11.5 Å². The van der Waals surface area contributed by atoms with Crippen LogP contribution in [-0.4, -0.2) is 50.0 Å². The zero-order chi connectivity index (χ0) is 30.3. The Kier molecular flexibility index (Phi) is 8.86. The first-order chi connectivity index (χ1) is 19.0. The van der Waals surface area contributed by atoms with E-state index in [9.17, 15) is 32.7 Å². The summed E-state index contributed by atoms with van der Waals surface area (Å²) < 4.78 is 44.5. The summed E-state index contributed by atoms with van der Waals surface area (Å²) in [5, 5.41) is 13.7. The van der Waals surface area contributed by atoms with Crippen LogP contribution in [0.25, 0.3) is 0 Å². The van der Waals surface area contributed by atoms with Gasteiger partial charge in [-0.25, -0.2) is 0 Å². The average Bonchev–Trinajstić information content (AvgIpc) is 3.33. The Labute approximate surface area is 247 Å². The van der Waals surface area contributed by atoms with Crippen molar-refractivity contribution in [3.63, 3.8) is 0 Å². The molecule has 0 saturated heterocycles. The average molecular weight is 617 g/mol. The fourth-order valence-corrected chi connectivity index (χ4v) is 6.60. The second-order valence-electron chi connectivity index (χ2n) is 12.3. The van der Waals surface area contributed by atoms with Crippen LogP contribution < -0.4 is 0 Å². The minimum absolute atomic E-state index is 0.00865. The Bertz CT molecular complexity index is 1300. The number of ketones is 1. The molecule has 2 aliphatic rings. The quantitative estimate of drug-likeness (QED) is 0.322. The Morgan fingerprint density at radius 2 is 1.59 bits per heavy atom. The molecule has 4 rings (SSSR count). The number of nitrogens with zero attached hydrogens (tertiary/aromatic N) is 3. The summed E-state index contributed by atoms with van der Waals surface area (Å²) in [7, 11) is 0. The highest BCUT2D eigenvalue weighted by Crippen LogP contribution is 2.44. The molecule has 2 saturated carbocycles. The van der Waals surface area contributed by atoms with Gasteiger partial charge in [0.1, 0.15) is 0 Å². The molecule has 1 N–H and O–H groups in total. The Balaban J connectivity index is 1.70. The number of Topliss-reactive ketones (excluding diaryl/α,β-unsaturated/α-hetero) is 1. The number of hydrogen-bond acceptors (Lipinski definition) is 4. The maximum absolute atomic E-state index is 14.6. The first-order valence-electron chi connectivity index (χ1n) is 13.7. The first kappa shape index (κ1) is 31.3. The number of alkyl halides is 3. The van der Waals surface area contributed by atoms with Gasteiger partial charge in [-0.15, -0.1) is 0 Å². The molecule has 224 valence electrons. The lowest BCUT2D eigenvalue weighted by Gasteiger charge is -2.40. The Hall–Kier alpha value is -2.59. The van der Waals surface area contributed by atoms with Crippen molar-refractivity contribution in [3.8, 4) is 0 Å². The van der Waals surface area contributed by atoms with E-state index in [-0.39, 0.29) is 46.7 Å². The molecule has 0 atom stereocenters. The number of carboxylic acid groups (broad SMARTS) is 1. The molecule has 2 aliphatic carbocycles. The normalized spacial score (nSPS) is 23.3. The molecule has 41 heavy (non-hydrogen) atoms. The highest BCUT2D eigenvalue weighted by atomic mass is 35.5. The second-order valence-corrected chi connectivity index (χ2v) is 13.1. The number of rotatable bonds is 7. The molecular weight excluding hydrogens is 582 g/mol. The molecule has 1 amide bonds. The molecule has 0 radical (unpaired) electrons. The van der Waals surface area contributed by atoms with Crippen LogP contribution in [0.1, 0.15) is 105 Å². The Morgan fingerprint density at radius 1 is 1.02 bits per heavy atom. The molecule has 12 heteroatoms. The van der Waals surface area contributed by atoms with Crippen molar-refractivity contribution in [2.75, 3.05) is 6.54 Å². The topological polar surface area (TPSA) is 92.5 Å². The van der Waals surface area contributed by atoms with Gasteiger partial charge in [0.05, 0.1) is 45.4 Å². The van der Waals surface area contributed by atoms with Gasteiger partial charge in [0.25, 0.3) is 5.91 Å². The van der Waals surface area contributed by atoms with Gasteiger partial charge in [0.2, 0.25) is 0 Å². The van der Waals surface area contributed by atoms with Crippen molar-refractivity contribution in [1.29, 1.82) is 0 Å². The minimum Gasteiger partial charge on any atom is -0.481 e.